The number of ketones is 1. The summed E-state index contributed by atoms with van der Waals surface area (Å²) in [6, 6.07) is 6.70. The predicted molar refractivity (Wildman–Crippen MR) is 109 cm³/mol. The Morgan fingerprint density at radius 3 is 2.31 bits per heavy atom. The third kappa shape index (κ3) is 6.98. The lowest BCUT2D eigenvalue weighted by Gasteiger charge is -2.02. The van der Waals surface area contributed by atoms with Crippen molar-refractivity contribution >= 4 is 29.3 Å². The zero-order valence-electron chi connectivity index (χ0n) is 16.8. The molecule has 0 bridgehead atoms. The molecule has 2 heterocycles. The van der Waals surface area contributed by atoms with Gasteiger partial charge in [-0.05, 0) is 43.7 Å². The van der Waals surface area contributed by atoms with Crippen LogP contribution in [0.5, 0.6) is 0 Å². The Morgan fingerprint density at radius 2 is 1.78 bits per heavy atom. The summed E-state index contributed by atoms with van der Waals surface area (Å²) in [5.74, 6) is -2.46. The monoisotopic (exact) mass is 470 g/mol. The molecule has 32 heavy (non-hydrogen) atoms. The topological polar surface area (TPSA) is 128 Å². The van der Waals surface area contributed by atoms with Gasteiger partial charge in [-0.3, -0.25) is 9.59 Å². The number of benzene rings is 1. The fourth-order valence-electron chi connectivity index (χ4n) is 2.52. The lowest BCUT2D eigenvalue weighted by atomic mass is 10.0. The first-order chi connectivity index (χ1) is 14.9. The highest BCUT2D eigenvalue weighted by Crippen LogP contribution is 2.18. The molecule has 0 saturated heterocycles. The molecule has 0 aliphatic carbocycles. The number of carbonyl (C=O) groups is 3. The molecule has 0 atom stereocenters. The van der Waals surface area contributed by atoms with E-state index in [1.54, 1.807) is 24.4 Å². The molecular weight excluding hydrogens is 453 g/mol. The van der Waals surface area contributed by atoms with E-state index < -0.39 is 12.1 Å². The molecular formula is C20H18ClF3N4O4. The van der Waals surface area contributed by atoms with Crippen LogP contribution in [0, 0.1) is 13.8 Å². The van der Waals surface area contributed by atoms with Gasteiger partial charge in [-0.1, -0.05) is 11.6 Å². The van der Waals surface area contributed by atoms with Crippen LogP contribution in [0.1, 0.15) is 43.5 Å². The number of hydrogen-bond donors (Lipinski definition) is 4. The molecule has 12 heteroatoms. The Morgan fingerprint density at radius 1 is 1.12 bits per heavy atom. The van der Waals surface area contributed by atoms with Crippen molar-refractivity contribution in [1.29, 1.82) is 0 Å². The van der Waals surface area contributed by atoms with E-state index in [9.17, 15) is 22.8 Å². The molecule has 2 aromatic heterocycles. The molecule has 0 fully saturated rings. The molecule has 0 unspecified atom stereocenters. The van der Waals surface area contributed by atoms with E-state index in [1.165, 1.54) is 12.3 Å². The van der Waals surface area contributed by atoms with Gasteiger partial charge in [0.2, 0.25) is 0 Å². The average molecular weight is 471 g/mol. The van der Waals surface area contributed by atoms with E-state index in [-0.39, 0.29) is 11.7 Å². The Kier molecular flexibility index (Phi) is 7.82. The normalized spacial score (nSPS) is 10.8. The number of aromatic nitrogens is 3. The van der Waals surface area contributed by atoms with Crippen molar-refractivity contribution in [1.82, 2.24) is 20.3 Å². The standard InChI is InChI=1S/C18H17ClN4O2.C2HF3O2/c1-10-3-12(5-14(19)4-10)17(24)13-6-16(21-7-13)18(25)22-9-15-8-20-11(2)23-15;3-2(4,5)1(6)7/h3-8,21H,9H2,1-2H3,(H,20,23)(H,22,25);(H,6,7). The third-order valence-corrected chi connectivity index (χ3v) is 4.15. The number of carboxylic acid groups (broad SMARTS) is 1. The number of nitrogens with one attached hydrogen (secondary N) is 3. The van der Waals surface area contributed by atoms with Gasteiger partial charge in [-0.2, -0.15) is 13.2 Å². The quantitative estimate of drug-likeness (QED) is 0.422. The summed E-state index contributed by atoms with van der Waals surface area (Å²) >= 11 is 6.01. The smallest absolute Gasteiger partial charge is 0.475 e. The number of aliphatic carboxylic acids is 1. The van der Waals surface area contributed by atoms with Gasteiger partial charge in [0.25, 0.3) is 5.91 Å². The number of halogens is 4. The minimum Gasteiger partial charge on any atom is -0.475 e. The fraction of sp³-hybridized carbons (Fsp3) is 0.200. The van der Waals surface area contributed by atoms with Crippen molar-refractivity contribution in [3.8, 4) is 0 Å². The summed E-state index contributed by atoms with van der Waals surface area (Å²) in [4.78, 5) is 43.6. The van der Waals surface area contributed by atoms with Crippen molar-refractivity contribution in [3.63, 3.8) is 0 Å². The summed E-state index contributed by atoms with van der Waals surface area (Å²) in [6.07, 6.45) is -1.89. The summed E-state index contributed by atoms with van der Waals surface area (Å²) in [7, 11) is 0. The van der Waals surface area contributed by atoms with Crippen LogP contribution >= 0.6 is 11.6 Å². The van der Waals surface area contributed by atoms with Gasteiger partial charge in [-0.15, -0.1) is 0 Å². The van der Waals surface area contributed by atoms with E-state index >= 15 is 0 Å². The van der Waals surface area contributed by atoms with Crippen LogP contribution in [0.4, 0.5) is 13.2 Å². The number of alkyl halides is 3. The minimum atomic E-state index is -5.08. The van der Waals surface area contributed by atoms with Gasteiger partial charge in [0.1, 0.15) is 11.5 Å². The van der Waals surface area contributed by atoms with E-state index in [0.717, 1.165) is 17.1 Å². The number of hydrogen-bond acceptors (Lipinski definition) is 4. The van der Waals surface area contributed by atoms with Crippen LogP contribution in [0.2, 0.25) is 5.02 Å². The molecule has 0 aliphatic rings. The van der Waals surface area contributed by atoms with Gasteiger partial charge in [-0.25, -0.2) is 9.78 Å². The first-order valence-corrected chi connectivity index (χ1v) is 9.33. The molecule has 1 amide bonds. The van der Waals surface area contributed by atoms with Gasteiger partial charge >= 0.3 is 12.1 Å². The molecule has 3 rings (SSSR count). The first-order valence-electron chi connectivity index (χ1n) is 8.96. The maximum Gasteiger partial charge on any atom is 0.490 e. The number of nitrogens with zero attached hydrogens (tertiary/aromatic N) is 1. The van der Waals surface area contributed by atoms with Crippen LogP contribution in [0.3, 0.4) is 0 Å². The second kappa shape index (κ2) is 10.1. The summed E-state index contributed by atoms with van der Waals surface area (Å²) in [5, 5.41) is 10.4. The highest BCUT2D eigenvalue weighted by atomic mass is 35.5. The molecule has 4 N–H and O–H groups in total. The number of aryl methyl sites for hydroxylation is 2. The van der Waals surface area contributed by atoms with E-state index in [4.69, 9.17) is 21.5 Å². The Labute approximate surface area is 184 Å². The van der Waals surface area contributed by atoms with Crippen molar-refractivity contribution in [3.05, 3.63) is 75.6 Å². The number of amides is 1. The zero-order valence-corrected chi connectivity index (χ0v) is 17.6. The second-order valence-electron chi connectivity index (χ2n) is 6.63. The molecule has 170 valence electrons. The maximum absolute atomic E-state index is 12.5. The van der Waals surface area contributed by atoms with Crippen LogP contribution in [0.25, 0.3) is 0 Å². The van der Waals surface area contributed by atoms with Crippen molar-refractivity contribution in [2.24, 2.45) is 0 Å². The van der Waals surface area contributed by atoms with E-state index in [2.05, 4.69) is 20.3 Å². The number of aromatic amines is 2. The molecule has 0 spiro atoms. The Hall–Kier alpha value is -3.60. The van der Waals surface area contributed by atoms with Gasteiger partial charge in [0.15, 0.2) is 5.78 Å². The van der Waals surface area contributed by atoms with Crippen LogP contribution < -0.4 is 5.32 Å². The second-order valence-corrected chi connectivity index (χ2v) is 7.06. The van der Waals surface area contributed by atoms with Crippen molar-refractivity contribution in [2.75, 3.05) is 0 Å². The van der Waals surface area contributed by atoms with Gasteiger partial charge in [0.05, 0.1) is 18.4 Å². The largest absolute Gasteiger partial charge is 0.490 e. The third-order valence-electron chi connectivity index (χ3n) is 3.93. The Balaban J connectivity index is 0.000000451. The van der Waals surface area contributed by atoms with E-state index in [1.807, 2.05) is 13.8 Å². The molecule has 1 aromatic carbocycles. The molecule has 0 saturated carbocycles. The van der Waals surface area contributed by atoms with Crippen molar-refractivity contribution in [2.45, 2.75) is 26.6 Å². The Bertz CT molecular complexity index is 1120. The lowest BCUT2D eigenvalue weighted by Crippen LogP contribution is -2.23. The number of H-pyrrole nitrogens is 2. The number of carbonyl (C=O) groups excluding carboxylic acids is 2. The van der Waals surface area contributed by atoms with Crippen LogP contribution in [-0.4, -0.2) is 43.9 Å². The zero-order chi connectivity index (χ0) is 24.1. The summed E-state index contributed by atoms with van der Waals surface area (Å²) < 4.78 is 31.7. The average Bonchev–Trinajstić information content (AvgIpc) is 3.34. The highest BCUT2D eigenvalue weighted by Gasteiger charge is 2.38. The minimum absolute atomic E-state index is 0.190. The highest BCUT2D eigenvalue weighted by molar-refractivity contribution is 6.31. The number of imidazole rings is 1. The van der Waals surface area contributed by atoms with Crippen LogP contribution in [-0.2, 0) is 11.3 Å². The molecule has 8 nitrogen and oxygen atoms in total. The SMILES string of the molecule is Cc1cc(Cl)cc(C(=O)c2c[nH]c(C(=O)NCc3cnc(C)[nH]3)c2)c1.O=C(O)C(F)(F)F. The maximum atomic E-state index is 12.5. The molecule has 3 aromatic rings. The number of carboxylic acids is 1. The van der Waals surface area contributed by atoms with Crippen molar-refractivity contribution < 1.29 is 32.7 Å². The molecule has 0 radical (unpaired) electrons. The fourth-order valence-corrected chi connectivity index (χ4v) is 2.81. The van der Waals surface area contributed by atoms with Gasteiger partial charge < -0.3 is 20.4 Å². The predicted octanol–water partition coefficient (Wildman–Crippen LogP) is 3.80. The summed E-state index contributed by atoms with van der Waals surface area (Å²) in [6.45, 7) is 4.04. The van der Waals surface area contributed by atoms with Crippen LogP contribution in [0.15, 0.2) is 36.7 Å². The lowest BCUT2D eigenvalue weighted by molar-refractivity contribution is -0.192. The number of rotatable bonds is 5. The summed E-state index contributed by atoms with van der Waals surface area (Å²) in [5.41, 5.74) is 2.92. The first kappa shape index (κ1) is 24.7. The van der Waals surface area contributed by atoms with E-state index in [0.29, 0.717) is 28.4 Å². The molecule has 0 aliphatic heterocycles. The van der Waals surface area contributed by atoms with Gasteiger partial charge in [0, 0.05) is 22.3 Å².